The summed E-state index contributed by atoms with van der Waals surface area (Å²) in [6.07, 6.45) is 0. The van der Waals surface area contributed by atoms with Gasteiger partial charge in [0.15, 0.2) is 0 Å². The molecule has 0 unspecified atom stereocenters. The third-order valence-electron chi connectivity index (χ3n) is 0. The molecule has 144 valence electrons. The number of rotatable bonds is 0. The van der Waals surface area contributed by atoms with Crippen LogP contribution in [0.2, 0.25) is 0 Å². The molecule has 16 nitrogen and oxygen atoms in total. The Labute approximate surface area is 124 Å². The minimum absolute atomic E-state index is 0. The second-order valence-corrected chi connectivity index (χ2v) is 6.16. The SMILES string of the molecule is C.C.O=P(O)(O)O.O=P(O)(O)O.O=P(O)(O)O.O=P(O)(O)O. The first-order chi connectivity index (χ1) is 8.00. The highest BCUT2D eigenvalue weighted by molar-refractivity contribution is 7.45. The van der Waals surface area contributed by atoms with Crippen LogP contribution in [0, 0.1) is 0 Å². The molecular formula is C2H20O16P4. The van der Waals surface area contributed by atoms with Crippen LogP contribution < -0.4 is 0 Å². The van der Waals surface area contributed by atoms with Gasteiger partial charge < -0.3 is 58.7 Å². The third kappa shape index (κ3) is 39900. The molecule has 0 rings (SSSR count). The molecule has 0 spiro atoms. The van der Waals surface area contributed by atoms with Crippen molar-refractivity contribution in [1.82, 2.24) is 0 Å². The summed E-state index contributed by atoms with van der Waals surface area (Å²) in [6.45, 7) is 0. The Morgan fingerprint density at radius 3 is 0.318 bits per heavy atom. The highest BCUT2D eigenvalue weighted by atomic mass is 31.2. The highest BCUT2D eigenvalue weighted by Crippen LogP contribution is 2.27. The summed E-state index contributed by atoms with van der Waals surface area (Å²) >= 11 is 0. The molecule has 0 atom stereocenters. The summed E-state index contributed by atoms with van der Waals surface area (Å²) in [7, 11) is -18.6. The van der Waals surface area contributed by atoms with E-state index in [9.17, 15) is 0 Å². The van der Waals surface area contributed by atoms with Crippen LogP contribution in [-0.2, 0) is 18.3 Å². The normalized spacial score (nSPS) is 10.7. The van der Waals surface area contributed by atoms with E-state index in [1.807, 2.05) is 0 Å². The van der Waals surface area contributed by atoms with Crippen LogP contribution in [0.25, 0.3) is 0 Å². The van der Waals surface area contributed by atoms with Crippen LogP contribution in [0.1, 0.15) is 14.9 Å². The summed E-state index contributed by atoms with van der Waals surface area (Å²) < 4.78 is 35.5. The zero-order valence-electron chi connectivity index (χ0n) is 8.79. The van der Waals surface area contributed by atoms with E-state index in [2.05, 4.69) is 0 Å². The first-order valence-electron chi connectivity index (χ1n) is 3.13. The van der Waals surface area contributed by atoms with E-state index >= 15 is 0 Å². The molecule has 22 heavy (non-hydrogen) atoms. The van der Waals surface area contributed by atoms with E-state index < -0.39 is 31.3 Å². The van der Waals surface area contributed by atoms with Crippen LogP contribution in [-0.4, -0.2) is 58.7 Å². The minimum Gasteiger partial charge on any atom is -0.303 e. The van der Waals surface area contributed by atoms with Gasteiger partial charge in [-0.2, -0.15) is 0 Å². The molecule has 0 bridgehead atoms. The monoisotopic (exact) mass is 424 g/mol. The van der Waals surface area contributed by atoms with Crippen LogP contribution in [0.3, 0.4) is 0 Å². The van der Waals surface area contributed by atoms with Gasteiger partial charge in [0.2, 0.25) is 0 Å². The van der Waals surface area contributed by atoms with E-state index in [4.69, 9.17) is 77.0 Å². The van der Waals surface area contributed by atoms with Crippen molar-refractivity contribution in [2.75, 3.05) is 0 Å². The van der Waals surface area contributed by atoms with Gasteiger partial charge in [-0.25, -0.2) is 18.3 Å². The largest absolute Gasteiger partial charge is 0.466 e. The summed E-state index contributed by atoms with van der Waals surface area (Å²) in [5, 5.41) is 0. The fraction of sp³-hybridized carbons (Fsp3) is 1.00. The predicted octanol–water partition coefficient (Wildman–Crippen LogP) is -2.44. The molecule has 0 aromatic carbocycles. The molecule has 0 saturated carbocycles. The molecular weight excluding hydrogens is 404 g/mol. The van der Waals surface area contributed by atoms with Crippen molar-refractivity contribution in [2.24, 2.45) is 0 Å². The van der Waals surface area contributed by atoms with Gasteiger partial charge in [0, 0.05) is 0 Å². The summed E-state index contributed by atoms with van der Waals surface area (Å²) in [5.74, 6) is 0. The molecule has 0 amide bonds. The van der Waals surface area contributed by atoms with Crippen molar-refractivity contribution < 1.29 is 77.0 Å². The average molecular weight is 424 g/mol. The molecule has 0 aromatic heterocycles. The molecule has 0 aliphatic heterocycles. The lowest BCUT2D eigenvalue weighted by molar-refractivity contribution is 0.272. The van der Waals surface area contributed by atoms with Crippen molar-refractivity contribution in [3.05, 3.63) is 0 Å². The zero-order chi connectivity index (χ0) is 18.0. The van der Waals surface area contributed by atoms with E-state index in [0.717, 1.165) is 0 Å². The van der Waals surface area contributed by atoms with Crippen molar-refractivity contribution >= 4 is 31.3 Å². The molecule has 0 radical (unpaired) electrons. The third-order valence-corrected chi connectivity index (χ3v) is 0. The van der Waals surface area contributed by atoms with E-state index in [1.165, 1.54) is 0 Å². The first kappa shape index (κ1) is 38.2. The Morgan fingerprint density at radius 1 is 0.318 bits per heavy atom. The van der Waals surface area contributed by atoms with Gasteiger partial charge in [-0.15, -0.1) is 0 Å². The molecule has 0 aliphatic rings. The van der Waals surface area contributed by atoms with Gasteiger partial charge in [-0.05, 0) is 0 Å². The standard InChI is InChI=1S/2CH4.4H3O4P/c;;4*1-5(2,3)4/h2*1H4;4*(H3,1,2,3,4). The number of phosphoric acid groups is 4. The molecule has 0 heterocycles. The second kappa shape index (κ2) is 15.0. The van der Waals surface area contributed by atoms with Gasteiger partial charge in [0.1, 0.15) is 0 Å². The maximum absolute atomic E-state index is 8.88. The Balaban J connectivity index is -0.0000000376. The topological polar surface area (TPSA) is 311 Å². The van der Waals surface area contributed by atoms with Crippen LogP contribution >= 0.6 is 31.3 Å². The molecule has 0 saturated heterocycles. The number of hydrogen-bond donors (Lipinski definition) is 12. The van der Waals surface area contributed by atoms with Crippen molar-refractivity contribution in [2.45, 2.75) is 14.9 Å². The quantitative estimate of drug-likeness (QED) is 0.180. The van der Waals surface area contributed by atoms with Gasteiger partial charge in [0.25, 0.3) is 0 Å². The fourth-order valence-electron chi connectivity index (χ4n) is 0. The average Bonchev–Trinajstić information content (AvgIpc) is 1.62. The van der Waals surface area contributed by atoms with E-state index in [0.29, 0.717) is 0 Å². The van der Waals surface area contributed by atoms with Crippen molar-refractivity contribution in [3.63, 3.8) is 0 Å². The summed E-state index contributed by atoms with van der Waals surface area (Å²) in [6, 6.07) is 0. The lowest BCUT2D eigenvalue weighted by atomic mass is 12.0. The van der Waals surface area contributed by atoms with Crippen molar-refractivity contribution in [1.29, 1.82) is 0 Å². The maximum Gasteiger partial charge on any atom is 0.466 e. The number of hydrogen-bond acceptors (Lipinski definition) is 4. The highest BCUT2D eigenvalue weighted by Gasteiger charge is 2.01. The van der Waals surface area contributed by atoms with Crippen LogP contribution in [0.5, 0.6) is 0 Å². The van der Waals surface area contributed by atoms with Gasteiger partial charge in [-0.3, -0.25) is 0 Å². The Morgan fingerprint density at radius 2 is 0.318 bits per heavy atom. The van der Waals surface area contributed by atoms with E-state index in [1.54, 1.807) is 0 Å². The Kier molecular flexibility index (Phi) is 26.0. The Hall–Kier alpha value is 0.440. The maximum atomic E-state index is 8.88. The molecule has 12 N–H and O–H groups in total. The lowest BCUT2D eigenvalue weighted by Gasteiger charge is -1.82. The lowest BCUT2D eigenvalue weighted by Crippen LogP contribution is -1.66. The van der Waals surface area contributed by atoms with Gasteiger partial charge in [0.05, 0.1) is 0 Å². The Bertz CT molecular complexity index is 289. The predicted molar refractivity (Wildman–Crippen MR) is 70.5 cm³/mol. The van der Waals surface area contributed by atoms with Gasteiger partial charge >= 0.3 is 31.3 Å². The fourth-order valence-corrected chi connectivity index (χ4v) is 0. The first-order valence-corrected chi connectivity index (χ1v) is 9.39. The smallest absolute Gasteiger partial charge is 0.303 e. The van der Waals surface area contributed by atoms with Crippen LogP contribution in [0.4, 0.5) is 0 Å². The molecule has 20 heteroatoms. The zero-order valence-corrected chi connectivity index (χ0v) is 12.4. The summed E-state index contributed by atoms with van der Waals surface area (Å²) in [4.78, 5) is 86.2. The second-order valence-electron chi connectivity index (χ2n) is 2.05. The van der Waals surface area contributed by atoms with Crippen molar-refractivity contribution in [3.8, 4) is 0 Å². The summed E-state index contributed by atoms with van der Waals surface area (Å²) in [5.41, 5.74) is 0. The minimum atomic E-state index is -4.64. The van der Waals surface area contributed by atoms with Gasteiger partial charge in [-0.1, -0.05) is 14.9 Å². The molecule has 0 aliphatic carbocycles. The van der Waals surface area contributed by atoms with Crippen LogP contribution in [0.15, 0.2) is 0 Å². The molecule has 0 fully saturated rings. The van der Waals surface area contributed by atoms with E-state index in [-0.39, 0.29) is 14.9 Å². The molecule has 0 aromatic rings.